The number of amides is 1. The molecular formula is C17H21BrFNO3. The molecule has 2 rings (SSSR count). The molecule has 1 aromatic carbocycles. The smallest absolute Gasteiger partial charge is 0.340 e. The van der Waals surface area contributed by atoms with Gasteiger partial charge in [0.25, 0.3) is 5.91 Å². The van der Waals surface area contributed by atoms with E-state index >= 15 is 0 Å². The molecule has 0 aromatic heterocycles. The highest BCUT2D eigenvalue weighted by Crippen LogP contribution is 2.24. The minimum absolute atomic E-state index is 0.0654. The Bertz CT molecular complexity index is 593. The number of ether oxygens (including phenoxy) is 1. The van der Waals surface area contributed by atoms with Crippen LogP contribution in [0.5, 0.6) is 0 Å². The van der Waals surface area contributed by atoms with E-state index in [1.54, 1.807) is 0 Å². The van der Waals surface area contributed by atoms with Gasteiger partial charge in [0.05, 0.1) is 5.56 Å². The van der Waals surface area contributed by atoms with Crippen molar-refractivity contribution in [2.24, 2.45) is 5.92 Å². The van der Waals surface area contributed by atoms with Gasteiger partial charge < -0.3 is 10.1 Å². The molecule has 1 fully saturated rings. The van der Waals surface area contributed by atoms with Crippen LogP contribution >= 0.6 is 15.9 Å². The van der Waals surface area contributed by atoms with Crippen LogP contribution in [0.15, 0.2) is 22.7 Å². The van der Waals surface area contributed by atoms with Crippen LogP contribution in [0.2, 0.25) is 0 Å². The van der Waals surface area contributed by atoms with Gasteiger partial charge in [0.15, 0.2) is 6.10 Å². The highest BCUT2D eigenvalue weighted by Gasteiger charge is 2.27. The summed E-state index contributed by atoms with van der Waals surface area (Å²) in [6.45, 7) is 3.64. The van der Waals surface area contributed by atoms with E-state index in [9.17, 15) is 14.0 Å². The van der Waals surface area contributed by atoms with Crippen molar-refractivity contribution >= 4 is 27.8 Å². The van der Waals surface area contributed by atoms with Gasteiger partial charge >= 0.3 is 5.97 Å². The third kappa shape index (κ3) is 4.77. The molecule has 0 saturated heterocycles. The molecule has 0 spiro atoms. The van der Waals surface area contributed by atoms with Crippen molar-refractivity contribution < 1.29 is 18.7 Å². The number of rotatable bonds is 4. The normalized spacial score (nSPS) is 22.3. The first kappa shape index (κ1) is 17.9. The van der Waals surface area contributed by atoms with Gasteiger partial charge in [-0.2, -0.15) is 0 Å². The van der Waals surface area contributed by atoms with Gasteiger partial charge in [0, 0.05) is 10.5 Å². The molecule has 1 saturated carbocycles. The van der Waals surface area contributed by atoms with Gasteiger partial charge in [-0.1, -0.05) is 19.8 Å². The summed E-state index contributed by atoms with van der Waals surface area (Å²) in [6.07, 6.45) is 3.40. The largest absolute Gasteiger partial charge is 0.449 e. The lowest BCUT2D eigenvalue weighted by Gasteiger charge is -2.30. The predicted octanol–water partition coefficient (Wildman–Crippen LogP) is 3.83. The number of nitrogens with one attached hydrogen (secondary N) is 1. The molecule has 1 amide bonds. The maximum absolute atomic E-state index is 13.2. The Morgan fingerprint density at radius 2 is 2.04 bits per heavy atom. The second-order valence-corrected chi connectivity index (χ2v) is 6.90. The second-order valence-electron chi connectivity index (χ2n) is 6.05. The van der Waals surface area contributed by atoms with Gasteiger partial charge in [-0.15, -0.1) is 0 Å². The van der Waals surface area contributed by atoms with E-state index < -0.39 is 17.9 Å². The Balaban J connectivity index is 1.94. The molecule has 3 atom stereocenters. The first-order valence-corrected chi connectivity index (χ1v) is 8.64. The third-order valence-electron chi connectivity index (χ3n) is 4.24. The van der Waals surface area contributed by atoms with Crippen LogP contribution in [-0.4, -0.2) is 24.0 Å². The van der Waals surface area contributed by atoms with Gasteiger partial charge in [0.1, 0.15) is 5.82 Å². The fraction of sp³-hybridized carbons (Fsp3) is 0.529. The van der Waals surface area contributed by atoms with E-state index in [0.29, 0.717) is 10.4 Å². The SMILES string of the molecule is C[C@@H](OC(=O)c1cc(F)ccc1Br)C(=O)N[C@H]1CCCC[C@@H]1C. The fourth-order valence-electron chi connectivity index (χ4n) is 2.76. The number of hydrogen-bond acceptors (Lipinski definition) is 3. The topological polar surface area (TPSA) is 55.4 Å². The predicted molar refractivity (Wildman–Crippen MR) is 88.5 cm³/mol. The van der Waals surface area contributed by atoms with Crippen LogP contribution in [0, 0.1) is 11.7 Å². The lowest BCUT2D eigenvalue weighted by atomic mass is 9.86. The van der Waals surface area contributed by atoms with E-state index in [2.05, 4.69) is 28.2 Å². The molecule has 0 aliphatic heterocycles. The maximum atomic E-state index is 13.2. The van der Waals surface area contributed by atoms with Crippen LogP contribution in [0.3, 0.4) is 0 Å². The van der Waals surface area contributed by atoms with Crippen molar-refractivity contribution in [3.05, 3.63) is 34.1 Å². The number of hydrogen-bond donors (Lipinski definition) is 1. The minimum Gasteiger partial charge on any atom is -0.449 e. The highest BCUT2D eigenvalue weighted by atomic mass is 79.9. The average molecular weight is 386 g/mol. The third-order valence-corrected chi connectivity index (χ3v) is 4.93. The summed E-state index contributed by atoms with van der Waals surface area (Å²) in [6, 6.07) is 3.88. The summed E-state index contributed by atoms with van der Waals surface area (Å²) < 4.78 is 18.8. The minimum atomic E-state index is -0.924. The number of carbonyl (C=O) groups excluding carboxylic acids is 2. The molecule has 0 heterocycles. The zero-order chi connectivity index (χ0) is 17.0. The maximum Gasteiger partial charge on any atom is 0.340 e. The van der Waals surface area contributed by atoms with Crippen molar-refractivity contribution in [3.63, 3.8) is 0 Å². The molecule has 0 radical (unpaired) electrons. The first-order chi connectivity index (χ1) is 10.9. The summed E-state index contributed by atoms with van der Waals surface area (Å²) >= 11 is 3.18. The Labute approximate surface area is 143 Å². The quantitative estimate of drug-likeness (QED) is 0.801. The van der Waals surface area contributed by atoms with Crippen LogP contribution < -0.4 is 5.32 Å². The van der Waals surface area contributed by atoms with Gasteiger partial charge in [-0.25, -0.2) is 9.18 Å². The van der Waals surface area contributed by atoms with Crippen LogP contribution in [-0.2, 0) is 9.53 Å². The summed E-state index contributed by atoms with van der Waals surface area (Å²) in [4.78, 5) is 24.3. The van der Waals surface area contributed by atoms with Crippen LogP contribution in [0.1, 0.15) is 49.9 Å². The Kier molecular flexibility index (Phi) is 6.16. The molecule has 6 heteroatoms. The molecule has 23 heavy (non-hydrogen) atoms. The number of carbonyl (C=O) groups is 2. The zero-order valence-electron chi connectivity index (χ0n) is 13.3. The van der Waals surface area contributed by atoms with Crippen molar-refractivity contribution in [1.29, 1.82) is 0 Å². The number of halogens is 2. The first-order valence-electron chi connectivity index (χ1n) is 7.85. The summed E-state index contributed by atoms with van der Waals surface area (Å²) in [5, 5.41) is 2.95. The van der Waals surface area contributed by atoms with Gasteiger partial charge in [0.2, 0.25) is 0 Å². The summed E-state index contributed by atoms with van der Waals surface area (Å²) in [7, 11) is 0. The Hall–Kier alpha value is -1.43. The van der Waals surface area contributed by atoms with E-state index in [-0.39, 0.29) is 17.5 Å². The second kappa shape index (κ2) is 7.90. The van der Waals surface area contributed by atoms with Crippen LogP contribution in [0.25, 0.3) is 0 Å². The van der Waals surface area contributed by atoms with E-state index in [1.807, 2.05) is 0 Å². The molecule has 1 aromatic rings. The van der Waals surface area contributed by atoms with Gasteiger partial charge in [-0.3, -0.25) is 4.79 Å². The monoisotopic (exact) mass is 385 g/mol. The van der Waals surface area contributed by atoms with Crippen molar-refractivity contribution in [1.82, 2.24) is 5.32 Å². The average Bonchev–Trinajstić information content (AvgIpc) is 2.51. The molecule has 1 N–H and O–H groups in total. The highest BCUT2D eigenvalue weighted by molar-refractivity contribution is 9.10. The Morgan fingerprint density at radius 3 is 2.74 bits per heavy atom. The zero-order valence-corrected chi connectivity index (χ0v) is 14.9. The number of esters is 1. The molecule has 1 aliphatic carbocycles. The van der Waals surface area contributed by atoms with Crippen molar-refractivity contribution in [2.45, 2.75) is 51.7 Å². The van der Waals surface area contributed by atoms with Gasteiger partial charge in [-0.05, 0) is 59.8 Å². The molecule has 126 valence electrons. The van der Waals surface area contributed by atoms with Crippen molar-refractivity contribution in [2.75, 3.05) is 0 Å². The molecule has 0 bridgehead atoms. The summed E-state index contributed by atoms with van der Waals surface area (Å²) in [5.41, 5.74) is 0.0654. The molecular weight excluding hydrogens is 365 g/mol. The lowest BCUT2D eigenvalue weighted by Crippen LogP contribution is -2.46. The van der Waals surface area contributed by atoms with E-state index in [1.165, 1.54) is 25.5 Å². The Morgan fingerprint density at radius 1 is 1.35 bits per heavy atom. The summed E-state index contributed by atoms with van der Waals surface area (Å²) in [5.74, 6) is -1.15. The van der Waals surface area contributed by atoms with Crippen molar-refractivity contribution in [3.8, 4) is 0 Å². The molecule has 0 unspecified atom stereocenters. The fourth-order valence-corrected chi connectivity index (χ4v) is 3.17. The lowest BCUT2D eigenvalue weighted by molar-refractivity contribution is -0.130. The standard InChI is InChI=1S/C17H21BrFNO3/c1-10-5-3-4-6-15(10)20-16(21)11(2)23-17(22)13-9-12(19)7-8-14(13)18/h7-11,15H,3-6H2,1-2H3,(H,20,21)/t10-,11+,15-/m0/s1. The van der Waals surface area contributed by atoms with Crippen LogP contribution in [0.4, 0.5) is 4.39 Å². The van der Waals surface area contributed by atoms with E-state index in [4.69, 9.17) is 4.74 Å². The molecule has 1 aliphatic rings. The molecule has 4 nitrogen and oxygen atoms in total. The van der Waals surface area contributed by atoms with E-state index in [0.717, 1.165) is 25.3 Å². The number of benzene rings is 1.